The molecule has 0 aliphatic rings. The monoisotopic (exact) mass is 246 g/mol. The molecule has 0 aromatic rings. The van der Waals surface area contributed by atoms with Crippen molar-refractivity contribution >= 4 is 31.1 Å². The third-order valence-electron chi connectivity index (χ3n) is 2.10. The topological polar surface area (TPSA) is 9.23 Å². The van der Waals surface area contributed by atoms with Gasteiger partial charge in [-0.3, -0.25) is 0 Å². The maximum atomic E-state index is 5.37. The molecule has 0 aliphatic heterocycles. The number of methoxy groups -OCH3 is 1. The summed E-state index contributed by atoms with van der Waals surface area (Å²) >= 11 is 3.70. The van der Waals surface area contributed by atoms with Crippen molar-refractivity contribution in [2.75, 3.05) is 7.11 Å². The van der Waals surface area contributed by atoms with E-state index in [2.05, 4.69) is 19.8 Å². The zero-order chi connectivity index (χ0) is 9.23. The molecule has 0 aliphatic carbocycles. The Balaban J connectivity index is 3.19. The summed E-state index contributed by atoms with van der Waals surface area (Å²) in [6, 6.07) is 0. The van der Waals surface area contributed by atoms with Gasteiger partial charge in [-0.15, -0.1) is 4.55 Å². The Morgan fingerprint density at radius 1 is 1.33 bits per heavy atom. The molecule has 3 heteroatoms. The minimum atomic E-state index is 0.123. The Bertz CT molecular complexity index is 90.6. The van der Waals surface area contributed by atoms with Gasteiger partial charge in [-0.05, 0) is 12.8 Å². The summed E-state index contributed by atoms with van der Waals surface area (Å²) in [4.78, 5) is 0. The third kappa shape index (κ3) is 7.83. The van der Waals surface area contributed by atoms with E-state index in [9.17, 15) is 0 Å². The molecule has 0 saturated heterocycles. The highest BCUT2D eigenvalue weighted by Crippen LogP contribution is 2.11. The highest BCUT2D eigenvalue weighted by Gasteiger charge is 2.04. The standard InChI is InChI=1S/C9H19O.BrH.Mg/c1-4-6-8-9(10-3)7-5-2;;/h9H,1,4-8H2,2-3H3;1H;/q;;+1/p-1. The van der Waals surface area contributed by atoms with Gasteiger partial charge in [-0.25, -0.2) is 0 Å². The lowest BCUT2D eigenvalue weighted by Crippen LogP contribution is -2.09. The summed E-state index contributed by atoms with van der Waals surface area (Å²) in [7, 11) is 1.83. The fourth-order valence-electron chi connectivity index (χ4n) is 1.35. The van der Waals surface area contributed by atoms with Crippen molar-refractivity contribution in [2.45, 2.75) is 49.7 Å². The van der Waals surface area contributed by atoms with Crippen LogP contribution in [-0.4, -0.2) is 31.4 Å². The van der Waals surface area contributed by atoms with E-state index in [1.54, 1.807) is 0 Å². The predicted octanol–water partition coefficient (Wildman–Crippen LogP) is 3.40. The van der Waals surface area contributed by atoms with Gasteiger partial charge in [0.1, 0.15) is 0 Å². The van der Waals surface area contributed by atoms with Crippen molar-refractivity contribution in [2.24, 2.45) is 0 Å². The van der Waals surface area contributed by atoms with Gasteiger partial charge in [0.25, 0.3) is 0 Å². The quantitative estimate of drug-likeness (QED) is 0.472. The van der Waals surface area contributed by atoms with Crippen molar-refractivity contribution in [3.05, 3.63) is 0 Å². The number of ether oxygens (including phenoxy) is 1. The average molecular weight is 247 g/mol. The van der Waals surface area contributed by atoms with Crippen molar-refractivity contribution in [1.82, 2.24) is 0 Å². The van der Waals surface area contributed by atoms with Crippen molar-refractivity contribution in [3.63, 3.8) is 0 Å². The van der Waals surface area contributed by atoms with Crippen LogP contribution in [0.1, 0.15) is 39.0 Å². The Hall–Kier alpha value is 1.21. The van der Waals surface area contributed by atoms with E-state index in [0.29, 0.717) is 6.10 Å². The van der Waals surface area contributed by atoms with E-state index < -0.39 is 0 Å². The summed E-state index contributed by atoms with van der Waals surface area (Å²) in [5, 5.41) is 0. The lowest BCUT2D eigenvalue weighted by Gasteiger charge is -2.13. The summed E-state index contributed by atoms with van der Waals surface area (Å²) in [5.41, 5.74) is 0. The van der Waals surface area contributed by atoms with Crippen LogP contribution in [0.4, 0.5) is 0 Å². The smallest absolute Gasteiger partial charge is 0.381 e. The van der Waals surface area contributed by atoms with E-state index in [1.807, 2.05) is 7.11 Å². The third-order valence-corrected chi connectivity index (χ3v) is 4.55. The number of unbranched alkanes of at least 4 members (excludes halogenated alkanes) is 1. The SMILES string of the molecule is CCCC(CCC[CH2][Mg][Br])OC. The van der Waals surface area contributed by atoms with E-state index in [0.717, 1.165) is 0 Å². The van der Waals surface area contributed by atoms with Gasteiger partial charge in [-0.1, -0.05) is 26.2 Å². The number of halogens is 1. The zero-order valence-electron chi connectivity index (χ0n) is 8.31. The molecule has 0 aromatic carbocycles. The molecule has 1 unspecified atom stereocenters. The van der Waals surface area contributed by atoms with Crippen LogP contribution in [0, 0.1) is 0 Å². The molecule has 0 radical (unpaired) electrons. The molecule has 0 amide bonds. The van der Waals surface area contributed by atoms with Gasteiger partial charge >= 0.3 is 18.2 Å². The minimum absolute atomic E-state index is 0.123. The molecule has 0 saturated carbocycles. The van der Waals surface area contributed by atoms with Crippen LogP contribution < -0.4 is 0 Å². The highest BCUT2D eigenvalue weighted by molar-refractivity contribution is 9.23. The first kappa shape index (κ1) is 13.2. The molecule has 0 N–H and O–H groups in total. The molecule has 12 heavy (non-hydrogen) atoms. The summed E-state index contributed by atoms with van der Waals surface area (Å²) in [5.74, 6) is 0. The molecule has 0 rings (SSSR count). The maximum Gasteiger partial charge on any atom is 0.468 e. The molecule has 0 bridgehead atoms. The van der Waals surface area contributed by atoms with Crippen molar-refractivity contribution < 1.29 is 4.74 Å². The van der Waals surface area contributed by atoms with Gasteiger partial charge in [0, 0.05) is 7.11 Å². The van der Waals surface area contributed by atoms with E-state index in [4.69, 9.17) is 4.74 Å². The average Bonchev–Trinajstić information content (AvgIpc) is 2.10. The second-order valence-electron chi connectivity index (χ2n) is 3.18. The lowest BCUT2D eigenvalue weighted by molar-refractivity contribution is 0.0854. The molecule has 70 valence electrons. The first-order valence-electron chi connectivity index (χ1n) is 4.93. The fourth-order valence-corrected chi connectivity index (χ4v) is 3.08. The highest BCUT2D eigenvalue weighted by atomic mass is 79.9. The molecular weight excluding hydrogens is 228 g/mol. The predicted molar refractivity (Wildman–Crippen MR) is 59.0 cm³/mol. The normalized spacial score (nSPS) is 12.6. The molecule has 0 heterocycles. The van der Waals surface area contributed by atoms with Crippen LogP contribution in [0.5, 0.6) is 0 Å². The van der Waals surface area contributed by atoms with Crippen LogP contribution in [0.2, 0.25) is 4.55 Å². The van der Waals surface area contributed by atoms with Crippen LogP contribution >= 0.6 is 12.9 Å². The van der Waals surface area contributed by atoms with E-state index in [1.165, 1.54) is 36.7 Å². The molecule has 0 spiro atoms. The molecule has 0 fully saturated rings. The lowest BCUT2D eigenvalue weighted by atomic mass is 10.1. The van der Waals surface area contributed by atoms with Crippen LogP contribution in [0.25, 0.3) is 0 Å². The molecule has 0 aromatic heterocycles. The van der Waals surface area contributed by atoms with Crippen LogP contribution in [0.3, 0.4) is 0 Å². The van der Waals surface area contributed by atoms with E-state index >= 15 is 0 Å². The largest absolute Gasteiger partial charge is 0.468 e. The number of hydrogen-bond acceptors (Lipinski definition) is 1. The van der Waals surface area contributed by atoms with Gasteiger partial charge in [0.2, 0.25) is 0 Å². The van der Waals surface area contributed by atoms with Crippen molar-refractivity contribution in [3.8, 4) is 0 Å². The summed E-state index contributed by atoms with van der Waals surface area (Å²) in [6.45, 7) is 2.22. The molecule has 1 nitrogen and oxygen atoms in total. The minimum Gasteiger partial charge on any atom is -0.381 e. The number of rotatable bonds is 8. The van der Waals surface area contributed by atoms with Gasteiger partial charge in [-0.2, -0.15) is 0 Å². The second-order valence-corrected chi connectivity index (χ2v) is 6.65. The van der Waals surface area contributed by atoms with E-state index in [-0.39, 0.29) is 18.2 Å². The Morgan fingerprint density at radius 3 is 2.58 bits per heavy atom. The first-order valence-corrected chi connectivity index (χ1v) is 9.83. The number of hydrogen-bond donors (Lipinski definition) is 0. The Kier molecular flexibility index (Phi) is 11.3. The second kappa shape index (κ2) is 10.3. The molecular formula is C9H19BrMgO. The first-order chi connectivity index (χ1) is 5.85. The fraction of sp³-hybridized carbons (Fsp3) is 1.00. The van der Waals surface area contributed by atoms with Gasteiger partial charge < -0.3 is 17.6 Å². The summed E-state index contributed by atoms with van der Waals surface area (Å²) < 4.78 is 6.80. The van der Waals surface area contributed by atoms with Crippen molar-refractivity contribution in [1.29, 1.82) is 0 Å². The summed E-state index contributed by atoms with van der Waals surface area (Å²) in [6.07, 6.45) is 6.98. The van der Waals surface area contributed by atoms with Crippen LogP contribution in [0.15, 0.2) is 0 Å². The Labute approximate surface area is 92.2 Å². The maximum absolute atomic E-state index is 5.37. The van der Waals surface area contributed by atoms with Crippen LogP contribution in [-0.2, 0) is 4.74 Å². The zero-order valence-corrected chi connectivity index (χ0v) is 11.3. The van der Waals surface area contributed by atoms with Gasteiger partial charge in [0.15, 0.2) is 0 Å². The molecule has 1 atom stereocenters. The van der Waals surface area contributed by atoms with Gasteiger partial charge in [0.05, 0.1) is 6.10 Å². The Morgan fingerprint density at radius 2 is 2.08 bits per heavy atom.